The number of hydrogen-bond acceptors (Lipinski definition) is 2. The largest absolute Gasteiger partial charge is 0.316 e. The lowest BCUT2D eigenvalue weighted by molar-refractivity contribution is 0.373. The fraction of sp³-hybridized carbons (Fsp3) is 0.353. The molecule has 2 aromatic rings. The van der Waals surface area contributed by atoms with E-state index in [-0.39, 0.29) is 0 Å². The summed E-state index contributed by atoms with van der Waals surface area (Å²) in [6.45, 7) is 2.32. The molecule has 1 N–H and O–H groups in total. The van der Waals surface area contributed by atoms with E-state index in [1.807, 2.05) is 12.3 Å². The predicted octanol–water partition coefficient (Wildman–Crippen LogP) is 3.29. The summed E-state index contributed by atoms with van der Waals surface area (Å²) >= 11 is 0. The molecule has 2 heterocycles. The maximum atomic E-state index is 4.62. The molecule has 98 valence electrons. The number of hydrogen-bond donors (Lipinski definition) is 1. The third-order valence-corrected chi connectivity index (χ3v) is 3.83. The fourth-order valence-electron chi connectivity index (χ4n) is 2.74. The van der Waals surface area contributed by atoms with Crippen LogP contribution in [0.4, 0.5) is 0 Å². The molecule has 1 atom stereocenters. The molecule has 2 heteroatoms. The van der Waals surface area contributed by atoms with E-state index in [0.29, 0.717) is 0 Å². The zero-order chi connectivity index (χ0) is 12.9. The number of rotatable bonds is 3. The van der Waals surface area contributed by atoms with Crippen LogP contribution in [0.2, 0.25) is 0 Å². The summed E-state index contributed by atoms with van der Waals surface area (Å²) in [7, 11) is 0. The summed E-state index contributed by atoms with van der Waals surface area (Å²) < 4.78 is 0. The van der Waals surface area contributed by atoms with Crippen molar-refractivity contribution in [2.45, 2.75) is 19.3 Å². The monoisotopic (exact) mass is 252 g/mol. The zero-order valence-electron chi connectivity index (χ0n) is 11.2. The van der Waals surface area contributed by atoms with Crippen molar-refractivity contribution in [3.8, 4) is 11.1 Å². The smallest absolute Gasteiger partial charge is 0.0407 e. The molecule has 0 radical (unpaired) electrons. The maximum Gasteiger partial charge on any atom is 0.0407 e. The van der Waals surface area contributed by atoms with Crippen LogP contribution in [0.5, 0.6) is 0 Å². The molecule has 3 rings (SSSR count). The van der Waals surface area contributed by atoms with Crippen molar-refractivity contribution >= 4 is 0 Å². The van der Waals surface area contributed by atoms with Gasteiger partial charge in [-0.25, -0.2) is 0 Å². The maximum absolute atomic E-state index is 4.62. The predicted molar refractivity (Wildman–Crippen MR) is 79.0 cm³/mol. The highest BCUT2D eigenvalue weighted by Gasteiger charge is 2.13. The summed E-state index contributed by atoms with van der Waals surface area (Å²) in [5, 5.41) is 3.46. The molecule has 0 saturated carbocycles. The molecule has 1 aliphatic rings. The quantitative estimate of drug-likeness (QED) is 0.906. The highest BCUT2D eigenvalue weighted by Crippen LogP contribution is 2.20. The number of piperidine rings is 1. The average Bonchev–Trinajstić information content (AvgIpc) is 2.50. The Balaban J connectivity index is 1.68. The van der Waals surface area contributed by atoms with Crippen molar-refractivity contribution < 1.29 is 0 Å². The van der Waals surface area contributed by atoms with Gasteiger partial charge in [0.2, 0.25) is 0 Å². The first-order valence-corrected chi connectivity index (χ1v) is 7.13. The Hall–Kier alpha value is -1.67. The minimum absolute atomic E-state index is 0.754. The third kappa shape index (κ3) is 3.21. The van der Waals surface area contributed by atoms with Gasteiger partial charge in [0.1, 0.15) is 0 Å². The first kappa shape index (κ1) is 12.4. The van der Waals surface area contributed by atoms with Crippen LogP contribution in [-0.2, 0) is 6.42 Å². The van der Waals surface area contributed by atoms with E-state index in [9.17, 15) is 0 Å². The van der Waals surface area contributed by atoms with Gasteiger partial charge in [0.15, 0.2) is 0 Å². The van der Waals surface area contributed by atoms with Gasteiger partial charge in [-0.1, -0.05) is 36.4 Å². The number of nitrogens with one attached hydrogen (secondary N) is 1. The van der Waals surface area contributed by atoms with Crippen molar-refractivity contribution in [3.05, 3.63) is 54.4 Å². The highest BCUT2D eigenvalue weighted by atomic mass is 14.9. The van der Waals surface area contributed by atoms with Crippen molar-refractivity contribution in [1.29, 1.82) is 0 Å². The van der Waals surface area contributed by atoms with E-state index < -0.39 is 0 Å². The van der Waals surface area contributed by atoms with Crippen LogP contribution < -0.4 is 5.32 Å². The molecule has 0 spiro atoms. The molecule has 1 aromatic carbocycles. The van der Waals surface area contributed by atoms with Gasteiger partial charge in [-0.2, -0.15) is 0 Å². The molecule has 1 aromatic heterocycles. The van der Waals surface area contributed by atoms with E-state index in [1.54, 1.807) is 0 Å². The second kappa shape index (κ2) is 5.98. The SMILES string of the molecule is c1ccc(-c2ccc(CC3CCCNC3)nc2)cc1. The molecular weight excluding hydrogens is 232 g/mol. The molecule has 19 heavy (non-hydrogen) atoms. The van der Waals surface area contributed by atoms with Crippen LogP contribution in [0.1, 0.15) is 18.5 Å². The van der Waals surface area contributed by atoms with Crippen molar-refractivity contribution in [3.63, 3.8) is 0 Å². The van der Waals surface area contributed by atoms with Gasteiger partial charge in [-0.3, -0.25) is 4.98 Å². The van der Waals surface area contributed by atoms with Crippen molar-refractivity contribution in [2.24, 2.45) is 5.92 Å². The molecular formula is C17H20N2. The molecule has 0 bridgehead atoms. The average molecular weight is 252 g/mol. The Morgan fingerprint density at radius 2 is 1.95 bits per heavy atom. The van der Waals surface area contributed by atoms with Gasteiger partial charge in [-0.05, 0) is 49.9 Å². The number of aromatic nitrogens is 1. The molecule has 1 saturated heterocycles. The van der Waals surface area contributed by atoms with Gasteiger partial charge < -0.3 is 5.32 Å². The first-order chi connectivity index (χ1) is 9.42. The number of nitrogens with zero attached hydrogens (tertiary/aromatic N) is 1. The second-order valence-electron chi connectivity index (χ2n) is 5.32. The van der Waals surface area contributed by atoms with Gasteiger partial charge in [0, 0.05) is 17.5 Å². The highest BCUT2D eigenvalue weighted by molar-refractivity contribution is 5.62. The lowest BCUT2D eigenvalue weighted by atomic mass is 9.94. The minimum Gasteiger partial charge on any atom is -0.316 e. The second-order valence-corrected chi connectivity index (χ2v) is 5.32. The zero-order valence-corrected chi connectivity index (χ0v) is 11.2. The Morgan fingerprint density at radius 1 is 1.05 bits per heavy atom. The van der Waals surface area contributed by atoms with Gasteiger partial charge in [0.25, 0.3) is 0 Å². The molecule has 2 nitrogen and oxygen atoms in total. The van der Waals surface area contributed by atoms with Crippen LogP contribution in [0.25, 0.3) is 11.1 Å². The standard InChI is InChI=1S/C17H20N2/c1-2-6-15(7-3-1)16-8-9-17(19-13-16)11-14-5-4-10-18-12-14/h1-3,6-9,13-14,18H,4-5,10-12H2. The lowest BCUT2D eigenvalue weighted by Gasteiger charge is -2.22. The van der Waals surface area contributed by atoms with Crippen LogP contribution in [0, 0.1) is 5.92 Å². The summed E-state index contributed by atoms with van der Waals surface area (Å²) in [5.74, 6) is 0.754. The fourth-order valence-corrected chi connectivity index (χ4v) is 2.74. The summed E-state index contributed by atoms with van der Waals surface area (Å²) in [6.07, 6.45) is 5.73. The number of pyridine rings is 1. The normalized spacial score (nSPS) is 19.3. The lowest BCUT2D eigenvalue weighted by Crippen LogP contribution is -2.31. The van der Waals surface area contributed by atoms with E-state index in [0.717, 1.165) is 18.9 Å². The van der Waals surface area contributed by atoms with Crippen LogP contribution >= 0.6 is 0 Å². The van der Waals surface area contributed by atoms with Gasteiger partial charge in [-0.15, -0.1) is 0 Å². The molecule has 1 fully saturated rings. The minimum atomic E-state index is 0.754. The Labute approximate surface area is 114 Å². The van der Waals surface area contributed by atoms with E-state index in [4.69, 9.17) is 0 Å². The summed E-state index contributed by atoms with van der Waals surface area (Å²) in [5.41, 5.74) is 3.65. The summed E-state index contributed by atoms with van der Waals surface area (Å²) in [4.78, 5) is 4.62. The first-order valence-electron chi connectivity index (χ1n) is 7.13. The molecule has 0 amide bonds. The van der Waals surface area contributed by atoms with Crippen LogP contribution in [0.15, 0.2) is 48.7 Å². The van der Waals surface area contributed by atoms with Crippen LogP contribution in [0.3, 0.4) is 0 Å². The Bertz CT molecular complexity index is 499. The Kier molecular flexibility index (Phi) is 3.89. The Morgan fingerprint density at radius 3 is 2.63 bits per heavy atom. The van der Waals surface area contributed by atoms with E-state index in [1.165, 1.54) is 36.2 Å². The third-order valence-electron chi connectivity index (χ3n) is 3.83. The molecule has 0 aliphatic carbocycles. The van der Waals surface area contributed by atoms with E-state index >= 15 is 0 Å². The van der Waals surface area contributed by atoms with Gasteiger partial charge in [0.05, 0.1) is 0 Å². The van der Waals surface area contributed by atoms with E-state index in [2.05, 4.69) is 46.7 Å². The van der Waals surface area contributed by atoms with Crippen molar-refractivity contribution in [1.82, 2.24) is 10.3 Å². The summed E-state index contributed by atoms with van der Waals surface area (Å²) in [6, 6.07) is 14.8. The number of benzene rings is 1. The molecule has 1 aliphatic heterocycles. The molecule has 1 unspecified atom stereocenters. The van der Waals surface area contributed by atoms with Crippen molar-refractivity contribution in [2.75, 3.05) is 13.1 Å². The van der Waals surface area contributed by atoms with Crippen LogP contribution in [-0.4, -0.2) is 18.1 Å². The topological polar surface area (TPSA) is 24.9 Å². The van der Waals surface area contributed by atoms with Gasteiger partial charge >= 0.3 is 0 Å².